The van der Waals surface area contributed by atoms with Gasteiger partial charge in [-0.05, 0) is 30.5 Å². The number of benzene rings is 2. The second kappa shape index (κ2) is 10.8. The third-order valence-corrected chi connectivity index (χ3v) is 5.87. The number of aliphatic hydroxyl groups excluding tert-OH is 1. The Kier molecular flexibility index (Phi) is 8.00. The maximum atomic E-state index is 13.8. The molecule has 0 radical (unpaired) electrons. The van der Waals surface area contributed by atoms with Crippen molar-refractivity contribution in [3.63, 3.8) is 0 Å². The fraction of sp³-hybridized carbons (Fsp3) is 0.375. The molecule has 1 aliphatic rings. The standard InChI is InChI=1S/C24H25F3N2O6/c1-35-19-9-5-8-16(24(25,26)27)15(19)13-29(22(32)17-10-11-20(30)28-17)18(21(31)23(33)34)12-14-6-3-2-4-7-14/h2-9,17-18,21,31H,10-13H2,1H3,(H,28,30)(H,33,34)/t17-,18?,21?/m1/s1. The quantitative estimate of drug-likeness (QED) is 0.493. The normalized spacial score (nSPS) is 17.4. The number of carboxylic acids is 1. The van der Waals surface area contributed by atoms with Crippen LogP contribution in [0.5, 0.6) is 5.75 Å². The van der Waals surface area contributed by atoms with Crippen LogP contribution < -0.4 is 10.1 Å². The zero-order valence-electron chi connectivity index (χ0n) is 18.8. The van der Waals surface area contributed by atoms with Crippen molar-refractivity contribution >= 4 is 17.8 Å². The van der Waals surface area contributed by atoms with Crippen molar-refractivity contribution < 1.29 is 42.5 Å². The number of aliphatic hydroxyl groups is 1. The summed E-state index contributed by atoms with van der Waals surface area (Å²) < 4.78 is 46.7. The number of alkyl halides is 3. The second-order valence-electron chi connectivity index (χ2n) is 8.15. The lowest BCUT2D eigenvalue weighted by Gasteiger charge is -2.36. The highest BCUT2D eigenvalue weighted by Gasteiger charge is 2.41. The molecule has 3 atom stereocenters. The van der Waals surface area contributed by atoms with Crippen molar-refractivity contribution in [1.29, 1.82) is 0 Å². The number of carbonyl (C=O) groups is 3. The van der Waals surface area contributed by atoms with Crippen LogP contribution in [0.25, 0.3) is 0 Å². The average Bonchev–Trinajstić information content (AvgIpc) is 3.26. The predicted octanol–water partition coefficient (Wildman–Crippen LogP) is 2.38. The molecule has 8 nitrogen and oxygen atoms in total. The Morgan fingerprint density at radius 1 is 1.17 bits per heavy atom. The van der Waals surface area contributed by atoms with Crippen molar-refractivity contribution in [2.24, 2.45) is 0 Å². The Bertz CT molecular complexity index is 1080. The molecule has 3 rings (SSSR count). The number of aliphatic carboxylic acids is 1. The van der Waals surface area contributed by atoms with E-state index in [-0.39, 0.29) is 25.0 Å². The van der Waals surface area contributed by atoms with Crippen LogP contribution in [0.15, 0.2) is 48.5 Å². The van der Waals surface area contributed by atoms with Crippen LogP contribution in [-0.2, 0) is 33.5 Å². The van der Waals surface area contributed by atoms with Gasteiger partial charge in [-0.25, -0.2) is 4.79 Å². The van der Waals surface area contributed by atoms with E-state index < -0.39 is 59.8 Å². The molecule has 3 N–H and O–H groups in total. The first-order chi connectivity index (χ1) is 16.5. The molecule has 188 valence electrons. The predicted molar refractivity (Wildman–Crippen MR) is 117 cm³/mol. The number of carboxylic acid groups (broad SMARTS) is 1. The summed E-state index contributed by atoms with van der Waals surface area (Å²) in [6, 6.07) is 9.13. The number of hydrogen-bond acceptors (Lipinski definition) is 5. The van der Waals surface area contributed by atoms with Gasteiger partial charge in [0, 0.05) is 12.0 Å². The largest absolute Gasteiger partial charge is 0.496 e. The lowest BCUT2D eigenvalue weighted by atomic mass is 9.96. The monoisotopic (exact) mass is 494 g/mol. The second-order valence-corrected chi connectivity index (χ2v) is 8.15. The maximum absolute atomic E-state index is 13.8. The summed E-state index contributed by atoms with van der Waals surface area (Å²) >= 11 is 0. The van der Waals surface area contributed by atoms with Crippen LogP contribution in [-0.4, -0.2) is 58.2 Å². The van der Waals surface area contributed by atoms with Crippen LogP contribution in [0, 0.1) is 0 Å². The van der Waals surface area contributed by atoms with Crippen molar-refractivity contribution in [3.8, 4) is 5.75 Å². The number of nitrogens with zero attached hydrogens (tertiary/aromatic N) is 1. The number of nitrogens with one attached hydrogen (secondary N) is 1. The van der Waals surface area contributed by atoms with Crippen LogP contribution in [0.1, 0.15) is 29.5 Å². The van der Waals surface area contributed by atoms with Crippen LogP contribution in [0.3, 0.4) is 0 Å². The van der Waals surface area contributed by atoms with Gasteiger partial charge in [-0.1, -0.05) is 36.4 Å². The SMILES string of the molecule is COc1cccc(C(F)(F)F)c1CN(C(=O)[C@H]1CCC(=O)N1)C(Cc1ccccc1)C(O)C(=O)O. The van der Waals surface area contributed by atoms with Crippen molar-refractivity contribution in [2.45, 2.75) is 50.2 Å². The highest BCUT2D eigenvalue weighted by molar-refractivity contribution is 5.91. The number of carbonyl (C=O) groups excluding carboxylic acids is 2. The molecule has 1 heterocycles. The molecule has 0 aromatic heterocycles. The van der Waals surface area contributed by atoms with Gasteiger partial charge < -0.3 is 25.2 Å². The van der Waals surface area contributed by atoms with Gasteiger partial charge in [0.1, 0.15) is 11.8 Å². The fourth-order valence-corrected chi connectivity index (χ4v) is 4.13. The summed E-state index contributed by atoms with van der Waals surface area (Å²) in [5.41, 5.74) is -0.897. The van der Waals surface area contributed by atoms with E-state index in [1.165, 1.54) is 13.2 Å². The third-order valence-electron chi connectivity index (χ3n) is 5.87. The number of rotatable bonds is 9. The molecule has 0 aliphatic carbocycles. The minimum Gasteiger partial charge on any atom is -0.496 e. The van der Waals surface area contributed by atoms with Gasteiger partial charge in [-0.2, -0.15) is 13.2 Å². The molecule has 35 heavy (non-hydrogen) atoms. The minimum absolute atomic E-state index is 0.0392. The van der Waals surface area contributed by atoms with E-state index in [0.717, 1.165) is 17.0 Å². The van der Waals surface area contributed by atoms with E-state index in [2.05, 4.69) is 5.32 Å². The first kappa shape index (κ1) is 26.0. The van der Waals surface area contributed by atoms with E-state index in [1.807, 2.05) is 0 Å². The van der Waals surface area contributed by atoms with Gasteiger partial charge in [-0.15, -0.1) is 0 Å². The van der Waals surface area contributed by atoms with E-state index >= 15 is 0 Å². The fourth-order valence-electron chi connectivity index (χ4n) is 4.13. The minimum atomic E-state index is -4.79. The number of hydrogen-bond donors (Lipinski definition) is 3. The van der Waals surface area contributed by atoms with Gasteiger partial charge in [0.05, 0.1) is 25.3 Å². The van der Waals surface area contributed by atoms with E-state index in [1.54, 1.807) is 30.3 Å². The van der Waals surface area contributed by atoms with Gasteiger partial charge in [0.25, 0.3) is 0 Å². The Morgan fingerprint density at radius 3 is 2.40 bits per heavy atom. The van der Waals surface area contributed by atoms with E-state index in [4.69, 9.17) is 4.74 Å². The van der Waals surface area contributed by atoms with Crippen molar-refractivity contribution in [3.05, 3.63) is 65.2 Å². The van der Waals surface area contributed by atoms with Gasteiger partial charge in [-0.3, -0.25) is 9.59 Å². The molecule has 2 aromatic rings. The van der Waals surface area contributed by atoms with E-state index in [0.29, 0.717) is 5.56 Å². The number of amides is 2. The highest BCUT2D eigenvalue weighted by atomic mass is 19.4. The zero-order valence-corrected chi connectivity index (χ0v) is 18.8. The molecule has 1 fully saturated rings. The molecule has 0 spiro atoms. The highest BCUT2D eigenvalue weighted by Crippen LogP contribution is 2.37. The average molecular weight is 494 g/mol. The summed E-state index contributed by atoms with van der Waals surface area (Å²) in [5.74, 6) is -3.00. The Balaban J connectivity index is 2.12. The van der Waals surface area contributed by atoms with Gasteiger partial charge in [0.15, 0.2) is 6.10 Å². The molecular formula is C24H25F3N2O6. The molecule has 1 saturated heterocycles. The summed E-state index contributed by atoms with van der Waals surface area (Å²) in [4.78, 5) is 37.9. The molecule has 2 aromatic carbocycles. The van der Waals surface area contributed by atoms with Gasteiger partial charge >= 0.3 is 12.1 Å². The number of ether oxygens (including phenoxy) is 1. The lowest BCUT2D eigenvalue weighted by Crippen LogP contribution is -2.55. The molecular weight excluding hydrogens is 469 g/mol. The third kappa shape index (κ3) is 6.10. The molecule has 2 unspecified atom stereocenters. The zero-order chi connectivity index (χ0) is 25.8. The molecule has 0 saturated carbocycles. The molecule has 11 heteroatoms. The van der Waals surface area contributed by atoms with Crippen LogP contribution in [0.2, 0.25) is 0 Å². The molecule has 0 bridgehead atoms. The first-order valence-corrected chi connectivity index (χ1v) is 10.8. The smallest absolute Gasteiger partial charge is 0.416 e. The summed E-state index contributed by atoms with van der Waals surface area (Å²) in [6.07, 6.45) is -6.93. The Hall–Kier alpha value is -3.60. The van der Waals surface area contributed by atoms with Crippen LogP contribution in [0.4, 0.5) is 13.2 Å². The van der Waals surface area contributed by atoms with Crippen molar-refractivity contribution in [1.82, 2.24) is 10.2 Å². The van der Waals surface area contributed by atoms with E-state index in [9.17, 15) is 37.8 Å². The molecule has 1 aliphatic heterocycles. The first-order valence-electron chi connectivity index (χ1n) is 10.8. The molecule has 2 amide bonds. The lowest BCUT2D eigenvalue weighted by molar-refractivity contribution is -0.155. The summed E-state index contributed by atoms with van der Waals surface area (Å²) in [6.45, 7) is -0.702. The topological polar surface area (TPSA) is 116 Å². The number of halogens is 3. The maximum Gasteiger partial charge on any atom is 0.416 e. The number of methoxy groups -OCH3 is 1. The Labute approximate surface area is 199 Å². The van der Waals surface area contributed by atoms with Crippen molar-refractivity contribution in [2.75, 3.05) is 7.11 Å². The van der Waals surface area contributed by atoms with Crippen LogP contribution >= 0.6 is 0 Å². The summed E-state index contributed by atoms with van der Waals surface area (Å²) in [7, 11) is 1.18. The Morgan fingerprint density at radius 2 is 1.86 bits per heavy atom. The summed E-state index contributed by atoms with van der Waals surface area (Å²) in [5, 5.41) is 22.6. The van der Waals surface area contributed by atoms with Gasteiger partial charge in [0.2, 0.25) is 11.8 Å².